The van der Waals surface area contributed by atoms with Gasteiger partial charge in [-0.25, -0.2) is 4.39 Å². The van der Waals surface area contributed by atoms with Crippen molar-refractivity contribution in [3.63, 3.8) is 0 Å². The highest BCUT2D eigenvalue weighted by Crippen LogP contribution is 2.29. The van der Waals surface area contributed by atoms with Crippen LogP contribution in [0, 0.1) is 5.82 Å². The Morgan fingerprint density at radius 3 is 2.68 bits per heavy atom. The molecule has 3 aromatic heterocycles. The zero-order valence-electron chi connectivity index (χ0n) is 19.4. The average molecular weight is 468 g/mol. The Labute approximate surface area is 197 Å². The highest BCUT2D eigenvalue weighted by Gasteiger charge is 2.20. The summed E-state index contributed by atoms with van der Waals surface area (Å²) in [5.74, 6) is 1.12. The maximum atomic E-state index is 14.3. The summed E-state index contributed by atoms with van der Waals surface area (Å²) in [6.07, 6.45) is 5.53. The molecular weight excluding hydrogens is 437 g/mol. The number of hydrogen-bond acceptors (Lipinski definition) is 7. The molecule has 0 aliphatic carbocycles. The lowest BCUT2D eigenvalue weighted by molar-refractivity contribution is 0.170. The number of halogens is 1. The first-order chi connectivity index (χ1) is 16.6. The van der Waals surface area contributed by atoms with Crippen molar-refractivity contribution in [2.75, 3.05) is 32.8 Å². The number of rotatable bonds is 7. The number of likely N-dealkylation sites (tertiary alicyclic amines) is 1. The van der Waals surface area contributed by atoms with Gasteiger partial charge in [0.1, 0.15) is 19.0 Å². The summed E-state index contributed by atoms with van der Waals surface area (Å²) >= 11 is 0. The van der Waals surface area contributed by atoms with Gasteiger partial charge in [-0.1, -0.05) is 6.92 Å². The number of nitrogens with one attached hydrogen (secondary N) is 1. The standard InChI is InChI=1S/C25H30FN5O3/c1-2-19-20(26)15-29-21-3-4-24(32)31(25(19)21)10-9-30-7-5-17(6-8-30)27-14-18-13-22-23(16-28-18)34-12-11-33-22/h3-4,13,15-17,27H,2,5-12,14H2,1H3. The van der Waals surface area contributed by atoms with Crippen LogP contribution < -0.4 is 20.3 Å². The van der Waals surface area contributed by atoms with Gasteiger partial charge >= 0.3 is 0 Å². The highest BCUT2D eigenvalue weighted by molar-refractivity contribution is 5.78. The van der Waals surface area contributed by atoms with Crippen molar-refractivity contribution in [3.05, 3.63) is 58.0 Å². The van der Waals surface area contributed by atoms with E-state index in [2.05, 4.69) is 20.2 Å². The Hall–Kier alpha value is -3.04. The fourth-order valence-electron chi connectivity index (χ4n) is 4.80. The molecule has 2 aliphatic rings. The molecule has 5 heterocycles. The normalized spacial score (nSPS) is 16.8. The van der Waals surface area contributed by atoms with Crippen molar-refractivity contribution in [2.24, 2.45) is 0 Å². The second-order valence-electron chi connectivity index (χ2n) is 8.81. The third kappa shape index (κ3) is 4.76. The Balaban J connectivity index is 1.16. The lowest BCUT2D eigenvalue weighted by Crippen LogP contribution is -2.43. The van der Waals surface area contributed by atoms with Crippen LogP contribution >= 0.6 is 0 Å². The first-order valence-corrected chi connectivity index (χ1v) is 12.0. The van der Waals surface area contributed by atoms with Crippen molar-refractivity contribution in [1.29, 1.82) is 0 Å². The van der Waals surface area contributed by atoms with Crippen molar-refractivity contribution >= 4 is 11.0 Å². The predicted molar refractivity (Wildman–Crippen MR) is 127 cm³/mol. The summed E-state index contributed by atoms with van der Waals surface area (Å²) in [6, 6.07) is 5.56. The van der Waals surface area contributed by atoms with E-state index in [1.165, 1.54) is 12.3 Å². The second-order valence-corrected chi connectivity index (χ2v) is 8.81. The van der Waals surface area contributed by atoms with E-state index in [0.29, 0.717) is 61.1 Å². The summed E-state index contributed by atoms with van der Waals surface area (Å²) in [7, 11) is 0. The third-order valence-electron chi connectivity index (χ3n) is 6.69. The fraction of sp³-hybridized carbons (Fsp3) is 0.480. The first-order valence-electron chi connectivity index (χ1n) is 12.0. The Morgan fingerprint density at radius 2 is 1.88 bits per heavy atom. The maximum absolute atomic E-state index is 14.3. The molecule has 3 aromatic rings. The molecule has 1 fully saturated rings. The zero-order chi connectivity index (χ0) is 23.5. The van der Waals surface area contributed by atoms with Gasteiger partial charge in [0.15, 0.2) is 11.5 Å². The van der Waals surface area contributed by atoms with E-state index in [9.17, 15) is 9.18 Å². The average Bonchev–Trinajstić information content (AvgIpc) is 2.87. The molecule has 9 heteroatoms. The van der Waals surface area contributed by atoms with Gasteiger partial charge in [-0.3, -0.25) is 14.8 Å². The molecule has 1 saturated heterocycles. The minimum atomic E-state index is -0.353. The molecule has 0 amide bonds. The van der Waals surface area contributed by atoms with Crippen LogP contribution in [0.15, 0.2) is 35.4 Å². The molecular formula is C25H30FN5O3. The van der Waals surface area contributed by atoms with Crippen LogP contribution in [0.3, 0.4) is 0 Å². The summed E-state index contributed by atoms with van der Waals surface area (Å²) in [4.78, 5) is 23.6. The number of piperidine rings is 1. The minimum Gasteiger partial charge on any atom is -0.486 e. The molecule has 0 spiro atoms. The molecule has 2 aliphatic heterocycles. The van der Waals surface area contributed by atoms with Gasteiger partial charge in [0, 0.05) is 43.4 Å². The van der Waals surface area contributed by atoms with Crippen molar-refractivity contribution in [3.8, 4) is 11.5 Å². The number of aryl methyl sites for hydroxylation is 1. The van der Waals surface area contributed by atoms with Gasteiger partial charge in [0.25, 0.3) is 5.56 Å². The number of fused-ring (bicyclic) bond motifs is 2. The van der Waals surface area contributed by atoms with E-state index >= 15 is 0 Å². The zero-order valence-corrected chi connectivity index (χ0v) is 19.4. The van der Waals surface area contributed by atoms with Crippen LogP contribution in [-0.2, 0) is 19.5 Å². The monoisotopic (exact) mass is 467 g/mol. The summed E-state index contributed by atoms with van der Waals surface area (Å²) in [6.45, 7) is 6.87. The van der Waals surface area contributed by atoms with Crippen LogP contribution in [0.5, 0.6) is 11.5 Å². The molecule has 5 rings (SSSR count). The quantitative estimate of drug-likeness (QED) is 0.572. The second kappa shape index (κ2) is 10.1. The molecule has 8 nitrogen and oxygen atoms in total. The molecule has 0 saturated carbocycles. The third-order valence-corrected chi connectivity index (χ3v) is 6.69. The summed E-state index contributed by atoms with van der Waals surface area (Å²) in [5, 5.41) is 3.60. The van der Waals surface area contributed by atoms with E-state index in [0.717, 1.165) is 43.9 Å². The van der Waals surface area contributed by atoms with Gasteiger partial charge in [-0.05, 0) is 38.4 Å². The lowest BCUT2D eigenvalue weighted by Gasteiger charge is -2.32. The predicted octanol–water partition coefficient (Wildman–Crippen LogP) is 2.52. The lowest BCUT2D eigenvalue weighted by atomic mass is 10.0. The number of nitrogens with zero attached hydrogens (tertiary/aromatic N) is 4. The fourth-order valence-corrected chi connectivity index (χ4v) is 4.80. The molecule has 0 unspecified atom stereocenters. The van der Waals surface area contributed by atoms with E-state index in [1.54, 1.807) is 16.8 Å². The molecule has 0 radical (unpaired) electrons. The molecule has 180 valence electrons. The van der Waals surface area contributed by atoms with Crippen LogP contribution in [0.2, 0.25) is 0 Å². The topological polar surface area (TPSA) is 81.5 Å². The first kappa shape index (κ1) is 22.7. The van der Waals surface area contributed by atoms with Gasteiger partial charge in [-0.15, -0.1) is 0 Å². The van der Waals surface area contributed by atoms with Crippen molar-refractivity contribution in [1.82, 2.24) is 24.8 Å². The SMILES string of the molecule is CCc1c(F)cnc2ccc(=O)n(CCN3CCC(NCc4cc5c(cn4)OCCO5)CC3)c12. The van der Waals surface area contributed by atoms with Crippen LogP contribution in [0.25, 0.3) is 11.0 Å². The highest BCUT2D eigenvalue weighted by atomic mass is 19.1. The Bertz CT molecular complexity index is 1220. The minimum absolute atomic E-state index is 0.113. The van der Waals surface area contributed by atoms with E-state index in [-0.39, 0.29) is 11.4 Å². The number of hydrogen-bond donors (Lipinski definition) is 1. The summed E-state index contributed by atoms with van der Waals surface area (Å²) in [5.41, 5.74) is 2.66. The van der Waals surface area contributed by atoms with Crippen LogP contribution in [0.4, 0.5) is 4.39 Å². The molecule has 0 bridgehead atoms. The Kier molecular flexibility index (Phi) is 6.73. The van der Waals surface area contributed by atoms with Crippen LogP contribution in [0.1, 0.15) is 31.0 Å². The molecule has 0 atom stereocenters. The number of ether oxygens (including phenoxy) is 2. The van der Waals surface area contributed by atoms with E-state index in [4.69, 9.17) is 9.47 Å². The largest absolute Gasteiger partial charge is 0.486 e. The maximum Gasteiger partial charge on any atom is 0.251 e. The number of aromatic nitrogens is 3. The molecule has 0 aromatic carbocycles. The van der Waals surface area contributed by atoms with Crippen LogP contribution in [-0.4, -0.2) is 58.3 Å². The smallest absolute Gasteiger partial charge is 0.251 e. The van der Waals surface area contributed by atoms with Gasteiger partial charge in [-0.2, -0.15) is 0 Å². The summed E-state index contributed by atoms with van der Waals surface area (Å²) < 4.78 is 27.2. The van der Waals surface area contributed by atoms with Crippen molar-refractivity contribution in [2.45, 2.75) is 45.3 Å². The van der Waals surface area contributed by atoms with Gasteiger partial charge in [0.2, 0.25) is 0 Å². The van der Waals surface area contributed by atoms with Gasteiger partial charge < -0.3 is 24.3 Å². The van der Waals surface area contributed by atoms with E-state index < -0.39 is 0 Å². The Morgan fingerprint density at radius 1 is 1.09 bits per heavy atom. The number of pyridine rings is 3. The van der Waals surface area contributed by atoms with Crippen molar-refractivity contribution < 1.29 is 13.9 Å². The molecule has 34 heavy (non-hydrogen) atoms. The molecule has 1 N–H and O–H groups in total. The van der Waals surface area contributed by atoms with E-state index in [1.807, 2.05) is 13.0 Å². The van der Waals surface area contributed by atoms with Gasteiger partial charge in [0.05, 0.1) is 29.1 Å².